The molecule has 0 bridgehead atoms. The van der Waals surface area contributed by atoms with Gasteiger partial charge in [-0.15, -0.1) is 11.3 Å². The van der Waals surface area contributed by atoms with Crippen LogP contribution in [0.5, 0.6) is 5.75 Å². The molecule has 0 radical (unpaired) electrons. The molecule has 1 aromatic carbocycles. The van der Waals surface area contributed by atoms with Crippen molar-refractivity contribution >= 4 is 28.8 Å². The molecule has 2 aromatic rings. The number of nitrogens with zero attached hydrogens (tertiary/aromatic N) is 1. The number of aryl methyl sites for hydroxylation is 1. The van der Waals surface area contributed by atoms with E-state index in [9.17, 15) is 4.79 Å². The lowest BCUT2D eigenvalue weighted by Crippen LogP contribution is -2.34. The first-order chi connectivity index (χ1) is 11.0. The molecule has 1 amide bonds. The van der Waals surface area contributed by atoms with E-state index in [-0.39, 0.29) is 6.10 Å². The zero-order valence-corrected chi connectivity index (χ0v) is 14.7. The topological polar surface area (TPSA) is 55.6 Å². The van der Waals surface area contributed by atoms with Gasteiger partial charge in [0.05, 0.1) is 9.90 Å². The third-order valence-electron chi connectivity index (χ3n) is 4.01. The lowest BCUT2D eigenvalue weighted by Gasteiger charge is -2.32. The molecule has 0 fully saturated rings. The first-order valence-electron chi connectivity index (χ1n) is 7.55. The summed E-state index contributed by atoms with van der Waals surface area (Å²) in [5.74, 6) is 0.0843. The van der Waals surface area contributed by atoms with E-state index in [4.69, 9.17) is 22.1 Å². The van der Waals surface area contributed by atoms with Crippen LogP contribution in [0.15, 0.2) is 24.3 Å². The smallest absolute Gasteiger partial charge is 0.248 e. The van der Waals surface area contributed by atoms with Crippen LogP contribution >= 0.6 is 22.9 Å². The first kappa shape index (κ1) is 16.3. The van der Waals surface area contributed by atoms with E-state index in [0.29, 0.717) is 16.3 Å². The number of benzene rings is 1. The van der Waals surface area contributed by atoms with Crippen LogP contribution in [0.2, 0.25) is 5.02 Å². The van der Waals surface area contributed by atoms with Gasteiger partial charge in [0.2, 0.25) is 5.91 Å². The Labute approximate surface area is 144 Å². The average Bonchev–Trinajstić information content (AvgIpc) is 2.89. The molecule has 122 valence electrons. The molecule has 0 saturated carbocycles. The summed E-state index contributed by atoms with van der Waals surface area (Å²) in [7, 11) is 0. The first-order valence-corrected chi connectivity index (χ1v) is 8.75. The number of amides is 1. The summed E-state index contributed by atoms with van der Waals surface area (Å²) in [4.78, 5) is 16.1. The van der Waals surface area contributed by atoms with Crippen molar-refractivity contribution in [1.82, 2.24) is 4.90 Å². The minimum Gasteiger partial charge on any atom is -0.482 e. The Kier molecular flexibility index (Phi) is 4.62. The molecule has 0 spiro atoms. The number of halogens is 1. The number of hydrogen-bond donors (Lipinski definition) is 1. The maximum Gasteiger partial charge on any atom is 0.248 e. The zero-order valence-electron chi connectivity index (χ0n) is 13.1. The highest BCUT2D eigenvalue weighted by Gasteiger charge is 2.28. The van der Waals surface area contributed by atoms with Crippen molar-refractivity contribution in [3.8, 4) is 5.75 Å². The summed E-state index contributed by atoms with van der Waals surface area (Å²) in [6, 6.07) is 7.15. The van der Waals surface area contributed by atoms with Crippen molar-refractivity contribution in [3.63, 3.8) is 0 Å². The molecule has 2 heterocycles. The van der Waals surface area contributed by atoms with Crippen molar-refractivity contribution in [2.45, 2.75) is 26.5 Å². The Bertz CT molecular complexity index is 744. The van der Waals surface area contributed by atoms with Gasteiger partial charge in [0, 0.05) is 23.5 Å². The Hall–Kier alpha value is -1.56. The van der Waals surface area contributed by atoms with Gasteiger partial charge in [-0.3, -0.25) is 9.69 Å². The highest BCUT2D eigenvalue weighted by Crippen LogP contribution is 2.38. The fourth-order valence-electron chi connectivity index (χ4n) is 2.84. The standard InChI is InChI=1S/C17H19ClN2O2S/c1-3-20-8-12-6-10(2)23-16(12)15(9-20)22-14-5-4-11(17(19)21)7-13(14)18/h4-7,15H,3,8-9H2,1-2H3,(H2,19,21). The zero-order chi connectivity index (χ0) is 16.6. The van der Waals surface area contributed by atoms with Crippen molar-refractivity contribution in [2.24, 2.45) is 5.73 Å². The molecule has 6 heteroatoms. The van der Waals surface area contributed by atoms with Gasteiger partial charge in [-0.1, -0.05) is 18.5 Å². The van der Waals surface area contributed by atoms with E-state index in [1.165, 1.54) is 15.3 Å². The van der Waals surface area contributed by atoms with Gasteiger partial charge in [-0.05, 0) is 43.3 Å². The Morgan fingerprint density at radius 3 is 2.91 bits per heavy atom. The van der Waals surface area contributed by atoms with E-state index in [2.05, 4.69) is 24.8 Å². The summed E-state index contributed by atoms with van der Waals surface area (Å²) in [5, 5.41) is 0.407. The molecule has 0 aliphatic carbocycles. The van der Waals surface area contributed by atoms with Gasteiger partial charge in [0.15, 0.2) is 0 Å². The number of likely N-dealkylation sites (N-methyl/N-ethyl adjacent to an activating group) is 1. The van der Waals surface area contributed by atoms with Crippen LogP contribution in [0.3, 0.4) is 0 Å². The van der Waals surface area contributed by atoms with Crippen molar-refractivity contribution in [3.05, 3.63) is 50.2 Å². The number of carbonyl (C=O) groups is 1. The molecule has 1 aliphatic rings. The lowest BCUT2D eigenvalue weighted by molar-refractivity contribution is 0.1000. The minimum absolute atomic E-state index is 0.0469. The molecule has 1 aliphatic heterocycles. The van der Waals surface area contributed by atoms with E-state index >= 15 is 0 Å². The average molecular weight is 351 g/mol. The van der Waals surface area contributed by atoms with Gasteiger partial charge < -0.3 is 10.5 Å². The second kappa shape index (κ2) is 6.51. The predicted molar refractivity (Wildman–Crippen MR) is 93.3 cm³/mol. The summed E-state index contributed by atoms with van der Waals surface area (Å²) < 4.78 is 6.18. The lowest BCUT2D eigenvalue weighted by atomic mass is 10.1. The molecule has 2 N–H and O–H groups in total. The number of carbonyl (C=O) groups excluding carboxylic acids is 1. The Balaban J connectivity index is 1.88. The maximum atomic E-state index is 11.2. The van der Waals surface area contributed by atoms with E-state index in [1.807, 2.05) is 0 Å². The molecular weight excluding hydrogens is 332 g/mol. The van der Waals surface area contributed by atoms with Crippen LogP contribution in [0.1, 0.15) is 38.7 Å². The van der Waals surface area contributed by atoms with Crippen LogP contribution in [0, 0.1) is 6.92 Å². The third-order valence-corrected chi connectivity index (χ3v) is 5.49. The Morgan fingerprint density at radius 2 is 2.26 bits per heavy atom. The van der Waals surface area contributed by atoms with E-state index in [1.54, 1.807) is 29.5 Å². The molecular formula is C17H19ClN2O2S. The Morgan fingerprint density at radius 1 is 1.48 bits per heavy atom. The molecule has 0 saturated heterocycles. The van der Waals surface area contributed by atoms with E-state index < -0.39 is 5.91 Å². The molecule has 3 rings (SSSR count). The van der Waals surface area contributed by atoms with Gasteiger partial charge in [0.25, 0.3) is 0 Å². The quantitative estimate of drug-likeness (QED) is 0.913. The number of thiophene rings is 1. The number of ether oxygens (including phenoxy) is 1. The number of rotatable bonds is 4. The van der Waals surface area contributed by atoms with E-state index in [0.717, 1.165) is 19.6 Å². The monoisotopic (exact) mass is 350 g/mol. The predicted octanol–water partition coefficient (Wildman–Crippen LogP) is 3.76. The van der Waals surface area contributed by atoms with Crippen LogP contribution < -0.4 is 10.5 Å². The van der Waals surface area contributed by atoms with Crippen LogP contribution in [-0.4, -0.2) is 23.9 Å². The number of fused-ring (bicyclic) bond motifs is 1. The fourth-order valence-corrected chi connectivity index (χ4v) is 4.12. The second-order valence-corrected chi connectivity index (χ2v) is 7.39. The van der Waals surface area contributed by atoms with Crippen LogP contribution in [0.25, 0.3) is 0 Å². The largest absolute Gasteiger partial charge is 0.482 e. The van der Waals surface area contributed by atoms with Crippen molar-refractivity contribution in [2.75, 3.05) is 13.1 Å². The summed E-state index contributed by atoms with van der Waals surface area (Å²) in [5.41, 5.74) is 6.99. The molecule has 4 nitrogen and oxygen atoms in total. The van der Waals surface area contributed by atoms with Gasteiger partial charge in [-0.25, -0.2) is 0 Å². The summed E-state index contributed by atoms with van der Waals surface area (Å²) in [6.07, 6.45) is -0.0469. The minimum atomic E-state index is -0.496. The van der Waals surface area contributed by atoms with Crippen LogP contribution in [-0.2, 0) is 6.54 Å². The number of nitrogens with two attached hydrogens (primary N) is 1. The third kappa shape index (κ3) is 3.37. The highest BCUT2D eigenvalue weighted by atomic mass is 35.5. The molecule has 23 heavy (non-hydrogen) atoms. The number of hydrogen-bond acceptors (Lipinski definition) is 4. The fraction of sp³-hybridized carbons (Fsp3) is 0.353. The SMILES string of the molecule is CCN1Cc2cc(C)sc2C(Oc2ccc(C(N)=O)cc2Cl)C1. The molecule has 1 aromatic heterocycles. The van der Waals surface area contributed by atoms with Crippen LogP contribution in [0.4, 0.5) is 0 Å². The molecule has 1 atom stereocenters. The van der Waals surface area contributed by atoms with Gasteiger partial charge in [0.1, 0.15) is 11.9 Å². The maximum absolute atomic E-state index is 11.2. The van der Waals surface area contributed by atoms with Gasteiger partial charge in [-0.2, -0.15) is 0 Å². The van der Waals surface area contributed by atoms with Crippen molar-refractivity contribution < 1.29 is 9.53 Å². The van der Waals surface area contributed by atoms with Gasteiger partial charge >= 0.3 is 0 Å². The number of primary amides is 1. The highest BCUT2D eigenvalue weighted by molar-refractivity contribution is 7.12. The van der Waals surface area contributed by atoms with Crippen molar-refractivity contribution in [1.29, 1.82) is 0 Å². The second-order valence-electron chi connectivity index (χ2n) is 5.69. The molecule has 1 unspecified atom stereocenters. The normalized spacial score (nSPS) is 17.8. The summed E-state index contributed by atoms with van der Waals surface area (Å²) >= 11 is 8.03. The summed E-state index contributed by atoms with van der Waals surface area (Å²) in [6.45, 7) is 7.03.